The third kappa shape index (κ3) is 5.51. The lowest BCUT2D eigenvalue weighted by Gasteiger charge is -2.30. The van der Waals surface area contributed by atoms with Crippen molar-refractivity contribution in [2.45, 2.75) is 24.1 Å². The number of nitrogens with two attached hydrogens (primary N) is 1. The lowest BCUT2D eigenvalue weighted by Crippen LogP contribution is -2.34. The van der Waals surface area contributed by atoms with E-state index in [0.29, 0.717) is 47.5 Å². The summed E-state index contributed by atoms with van der Waals surface area (Å²) in [6.07, 6.45) is 3.09. The maximum Gasteiger partial charge on any atom is 0.404 e. The minimum absolute atomic E-state index is 0.120. The smallest absolute Gasteiger partial charge is 0.404 e. The van der Waals surface area contributed by atoms with E-state index in [1.165, 1.54) is 11.8 Å². The molecule has 0 spiro atoms. The Balaban J connectivity index is 1.61. The third-order valence-corrected chi connectivity index (χ3v) is 7.44. The van der Waals surface area contributed by atoms with Gasteiger partial charge in [-0.2, -0.15) is 0 Å². The van der Waals surface area contributed by atoms with Crippen molar-refractivity contribution in [1.29, 1.82) is 0 Å². The molecule has 0 saturated carbocycles. The number of amides is 2. The largest absolute Gasteiger partial charge is 0.482 e. The van der Waals surface area contributed by atoms with E-state index in [9.17, 15) is 9.59 Å². The number of fused-ring (bicyclic) bond motifs is 1. The second kappa shape index (κ2) is 10.5. The zero-order valence-corrected chi connectivity index (χ0v) is 21.4. The molecule has 184 valence electrons. The number of thioether (sulfide) groups is 1. The van der Waals surface area contributed by atoms with Crippen molar-refractivity contribution in [3.63, 3.8) is 0 Å². The second-order valence-corrected chi connectivity index (χ2v) is 9.92. The number of benzene rings is 1. The maximum atomic E-state index is 13.5. The van der Waals surface area contributed by atoms with Gasteiger partial charge in [0.1, 0.15) is 22.7 Å². The fourth-order valence-electron chi connectivity index (χ4n) is 3.87. The SMILES string of the molecule is CSc1ncc2c(n1)N(C)CCN(c1cccc(O[C@](C)(CCOC(N)=O)c3cccs3)c1)C2=O. The van der Waals surface area contributed by atoms with Crippen molar-refractivity contribution in [1.82, 2.24) is 9.97 Å². The summed E-state index contributed by atoms with van der Waals surface area (Å²) in [4.78, 5) is 38.1. The number of ether oxygens (including phenoxy) is 2. The van der Waals surface area contributed by atoms with Gasteiger partial charge >= 0.3 is 6.09 Å². The molecular weight excluding hydrogens is 486 g/mol. The van der Waals surface area contributed by atoms with Crippen LogP contribution in [0.4, 0.5) is 16.3 Å². The average molecular weight is 514 g/mol. The summed E-state index contributed by atoms with van der Waals surface area (Å²) >= 11 is 2.99. The number of anilines is 2. The average Bonchev–Trinajstić information content (AvgIpc) is 3.36. The number of thiophene rings is 1. The Morgan fingerprint density at radius 3 is 2.83 bits per heavy atom. The predicted octanol–water partition coefficient (Wildman–Crippen LogP) is 4.14. The fourth-order valence-corrected chi connectivity index (χ4v) is 5.06. The fraction of sp³-hybridized carbons (Fsp3) is 0.333. The topological polar surface area (TPSA) is 111 Å². The maximum absolute atomic E-state index is 13.5. The Labute approximate surface area is 212 Å². The van der Waals surface area contributed by atoms with Crippen molar-refractivity contribution in [2.75, 3.05) is 42.8 Å². The van der Waals surface area contributed by atoms with Gasteiger partial charge < -0.3 is 25.0 Å². The van der Waals surface area contributed by atoms with Gasteiger partial charge in [-0.25, -0.2) is 14.8 Å². The van der Waals surface area contributed by atoms with E-state index < -0.39 is 11.7 Å². The molecule has 0 radical (unpaired) electrons. The molecule has 1 aliphatic rings. The molecule has 35 heavy (non-hydrogen) atoms. The number of hydrogen-bond acceptors (Lipinski definition) is 9. The molecule has 1 atom stereocenters. The van der Waals surface area contributed by atoms with Crippen LogP contribution in [0.3, 0.4) is 0 Å². The molecule has 2 N–H and O–H groups in total. The summed E-state index contributed by atoms with van der Waals surface area (Å²) in [5, 5.41) is 2.59. The minimum Gasteiger partial charge on any atom is -0.482 e. The molecule has 3 heterocycles. The Morgan fingerprint density at radius 1 is 1.29 bits per heavy atom. The normalized spacial score (nSPS) is 15.2. The lowest BCUT2D eigenvalue weighted by molar-refractivity contribution is 0.0530. The highest BCUT2D eigenvalue weighted by Gasteiger charge is 2.32. The van der Waals surface area contributed by atoms with Gasteiger partial charge in [-0.1, -0.05) is 23.9 Å². The molecule has 11 heteroatoms. The molecule has 2 aromatic heterocycles. The summed E-state index contributed by atoms with van der Waals surface area (Å²) < 4.78 is 11.4. The first-order valence-electron chi connectivity index (χ1n) is 11.0. The number of carbonyl (C=O) groups excluding carboxylic acids is 2. The number of primary amides is 1. The summed E-state index contributed by atoms with van der Waals surface area (Å²) in [6.45, 7) is 3.17. The van der Waals surface area contributed by atoms with Crippen LogP contribution in [0.15, 0.2) is 53.1 Å². The Kier molecular flexibility index (Phi) is 7.46. The molecule has 3 aromatic rings. The van der Waals surface area contributed by atoms with Crippen LogP contribution in [0, 0.1) is 0 Å². The van der Waals surface area contributed by atoms with Gasteiger partial charge in [-0.3, -0.25) is 4.79 Å². The standard InChI is InChI=1S/C24H27N5O4S2/c1-24(9-12-32-22(25)31,19-8-5-13-35-19)33-17-7-4-6-16(14-17)29-11-10-28(2)20-18(21(29)30)15-26-23(27-20)34-3/h4-8,13-15H,9-12H2,1-3H3,(H2,25,31)/t24-/m1/s1. The van der Waals surface area contributed by atoms with Crippen LogP contribution in [0.2, 0.25) is 0 Å². The van der Waals surface area contributed by atoms with Gasteiger partial charge in [0.05, 0.1) is 6.61 Å². The molecule has 0 aliphatic carbocycles. The number of hydrogen-bond donors (Lipinski definition) is 1. The van der Waals surface area contributed by atoms with Crippen LogP contribution in [0.5, 0.6) is 5.75 Å². The summed E-state index contributed by atoms with van der Waals surface area (Å²) in [5.41, 5.74) is 5.55. The molecule has 1 aromatic carbocycles. The molecule has 4 rings (SSSR count). The van der Waals surface area contributed by atoms with Gasteiger partial charge in [-0.05, 0) is 36.8 Å². The van der Waals surface area contributed by atoms with Gasteiger partial charge in [0.2, 0.25) is 0 Å². The quantitative estimate of drug-likeness (QED) is 0.353. The number of nitrogens with zero attached hydrogens (tertiary/aromatic N) is 4. The number of aromatic nitrogens is 2. The van der Waals surface area contributed by atoms with Crippen LogP contribution >= 0.6 is 23.1 Å². The first-order valence-corrected chi connectivity index (χ1v) is 13.1. The van der Waals surface area contributed by atoms with Crippen molar-refractivity contribution >= 4 is 46.6 Å². The Hall–Kier alpha value is -3.31. The van der Waals surface area contributed by atoms with Gasteiger partial charge in [0, 0.05) is 49.4 Å². The first-order chi connectivity index (χ1) is 16.8. The van der Waals surface area contributed by atoms with E-state index in [0.717, 1.165) is 4.88 Å². The van der Waals surface area contributed by atoms with Crippen LogP contribution in [-0.4, -0.2) is 55.0 Å². The van der Waals surface area contributed by atoms with Crippen molar-refractivity contribution in [2.24, 2.45) is 5.73 Å². The highest BCUT2D eigenvalue weighted by Crippen LogP contribution is 2.36. The van der Waals surface area contributed by atoms with Gasteiger partial charge in [0.15, 0.2) is 5.16 Å². The van der Waals surface area contributed by atoms with Gasteiger partial charge in [-0.15, -0.1) is 11.3 Å². The van der Waals surface area contributed by atoms with Crippen molar-refractivity contribution in [3.05, 3.63) is 58.4 Å². The summed E-state index contributed by atoms with van der Waals surface area (Å²) in [6, 6.07) is 11.4. The van der Waals surface area contributed by atoms with Crippen molar-refractivity contribution in [3.8, 4) is 5.75 Å². The second-order valence-electron chi connectivity index (χ2n) is 8.20. The van der Waals surface area contributed by atoms with E-state index in [1.807, 2.05) is 66.9 Å². The number of rotatable bonds is 8. The van der Waals surface area contributed by atoms with E-state index in [-0.39, 0.29) is 12.5 Å². The monoisotopic (exact) mass is 513 g/mol. The molecule has 0 unspecified atom stereocenters. The van der Waals surface area contributed by atoms with Gasteiger partial charge in [0.25, 0.3) is 5.91 Å². The van der Waals surface area contributed by atoms with Crippen LogP contribution < -0.4 is 20.3 Å². The highest BCUT2D eigenvalue weighted by molar-refractivity contribution is 7.98. The van der Waals surface area contributed by atoms with E-state index in [2.05, 4.69) is 9.97 Å². The zero-order valence-electron chi connectivity index (χ0n) is 19.8. The van der Waals surface area contributed by atoms with E-state index >= 15 is 0 Å². The number of carbonyl (C=O) groups is 2. The van der Waals surface area contributed by atoms with Crippen LogP contribution in [-0.2, 0) is 10.3 Å². The molecule has 0 fully saturated rings. The highest BCUT2D eigenvalue weighted by atomic mass is 32.2. The molecule has 2 amide bonds. The van der Waals surface area contributed by atoms with Crippen molar-refractivity contribution < 1.29 is 19.1 Å². The lowest BCUT2D eigenvalue weighted by atomic mass is 10.0. The molecular formula is C24H27N5O4S2. The molecule has 0 bridgehead atoms. The Bertz CT molecular complexity index is 1210. The Morgan fingerprint density at radius 2 is 2.11 bits per heavy atom. The molecule has 0 saturated heterocycles. The predicted molar refractivity (Wildman–Crippen MR) is 138 cm³/mol. The van der Waals surface area contributed by atoms with E-state index in [4.69, 9.17) is 15.2 Å². The number of likely N-dealkylation sites (N-methyl/N-ethyl adjacent to an activating group) is 1. The minimum atomic E-state index is -0.820. The third-order valence-electron chi connectivity index (χ3n) is 5.76. The molecule has 1 aliphatic heterocycles. The summed E-state index contributed by atoms with van der Waals surface area (Å²) in [5.74, 6) is 1.06. The first kappa shape index (κ1) is 24.8. The summed E-state index contributed by atoms with van der Waals surface area (Å²) in [7, 11) is 1.92. The zero-order chi connectivity index (χ0) is 25.0. The molecule has 9 nitrogen and oxygen atoms in total. The van der Waals surface area contributed by atoms with Crippen LogP contribution in [0.25, 0.3) is 0 Å². The van der Waals surface area contributed by atoms with E-state index in [1.54, 1.807) is 22.4 Å². The van der Waals surface area contributed by atoms with Crippen LogP contribution in [0.1, 0.15) is 28.6 Å².